The molecule has 0 aliphatic heterocycles. The number of aliphatic hydroxyl groups is 1. The largest absolute Gasteiger partial charge is 0.392 e. The Morgan fingerprint density at radius 3 is 2.30 bits per heavy atom. The Bertz CT molecular complexity index is 657. The molecule has 2 saturated carbocycles. The number of hydrogen-bond acceptors (Lipinski definition) is 4. The lowest BCUT2D eigenvalue weighted by Crippen LogP contribution is -2.58. The zero-order valence-electron chi connectivity index (χ0n) is 17.9. The zero-order valence-corrected chi connectivity index (χ0v) is 18.7. The van der Waals surface area contributed by atoms with Gasteiger partial charge in [-0.3, -0.25) is 4.79 Å². The van der Waals surface area contributed by atoms with Crippen LogP contribution in [0.2, 0.25) is 0 Å². The Hall–Kier alpha value is -0.660. The van der Waals surface area contributed by atoms with Crippen molar-refractivity contribution in [3.63, 3.8) is 0 Å². The number of amides is 1. The summed E-state index contributed by atoms with van der Waals surface area (Å²) >= 11 is 0. The molecule has 1 amide bonds. The van der Waals surface area contributed by atoms with Crippen molar-refractivity contribution < 1.29 is 18.3 Å². The monoisotopic (exact) mass is 402 g/mol. The standard InChI is InChI=1S/C20H38N2O4S/c1-12(18(24)21-19(3,4)5)14-8-10-20(6)11-9-15(22-27(7,25)26)13(2)16(20)17(14)23/h12-17,22-23H,8-11H2,1-7H3,(H,21,24). The van der Waals surface area contributed by atoms with E-state index in [1.165, 1.54) is 6.26 Å². The molecule has 2 aliphatic carbocycles. The fourth-order valence-corrected chi connectivity index (χ4v) is 6.30. The normalized spacial score (nSPS) is 38.7. The van der Waals surface area contributed by atoms with Gasteiger partial charge < -0.3 is 10.4 Å². The summed E-state index contributed by atoms with van der Waals surface area (Å²) < 4.78 is 26.2. The number of nitrogens with one attached hydrogen (secondary N) is 2. The third-order valence-electron chi connectivity index (χ3n) is 6.81. The Balaban J connectivity index is 2.20. The molecule has 158 valence electrons. The van der Waals surface area contributed by atoms with E-state index in [1.807, 2.05) is 34.6 Å². The Morgan fingerprint density at radius 2 is 1.78 bits per heavy atom. The quantitative estimate of drug-likeness (QED) is 0.672. The molecule has 7 atom stereocenters. The van der Waals surface area contributed by atoms with Crippen LogP contribution in [0, 0.1) is 29.1 Å². The highest BCUT2D eigenvalue weighted by molar-refractivity contribution is 7.88. The van der Waals surface area contributed by atoms with Gasteiger partial charge in [-0.25, -0.2) is 13.1 Å². The third-order valence-corrected chi connectivity index (χ3v) is 7.54. The molecule has 0 radical (unpaired) electrons. The zero-order chi connectivity index (χ0) is 20.8. The van der Waals surface area contributed by atoms with E-state index in [-0.39, 0.29) is 46.6 Å². The summed E-state index contributed by atoms with van der Waals surface area (Å²) in [5, 5.41) is 14.3. The molecule has 0 bridgehead atoms. The van der Waals surface area contributed by atoms with E-state index in [0.717, 1.165) is 25.7 Å². The first-order valence-corrected chi connectivity index (χ1v) is 12.0. The van der Waals surface area contributed by atoms with Crippen LogP contribution in [-0.2, 0) is 14.8 Å². The molecule has 2 rings (SSSR count). The van der Waals surface area contributed by atoms with Crippen LogP contribution in [0.3, 0.4) is 0 Å². The van der Waals surface area contributed by atoms with Crippen molar-refractivity contribution in [1.29, 1.82) is 0 Å². The summed E-state index contributed by atoms with van der Waals surface area (Å²) in [7, 11) is -3.29. The first-order valence-electron chi connectivity index (χ1n) is 10.1. The van der Waals surface area contributed by atoms with E-state index in [4.69, 9.17) is 0 Å². The van der Waals surface area contributed by atoms with Gasteiger partial charge in [0.25, 0.3) is 0 Å². The highest BCUT2D eigenvalue weighted by Crippen LogP contribution is 2.55. The van der Waals surface area contributed by atoms with E-state index in [1.54, 1.807) is 0 Å². The number of carbonyl (C=O) groups is 1. The summed E-state index contributed by atoms with van der Waals surface area (Å²) in [6, 6.07) is -0.162. The van der Waals surface area contributed by atoms with Crippen molar-refractivity contribution >= 4 is 15.9 Å². The van der Waals surface area contributed by atoms with Crippen LogP contribution in [0.1, 0.15) is 67.2 Å². The van der Waals surface area contributed by atoms with E-state index in [2.05, 4.69) is 17.0 Å². The van der Waals surface area contributed by atoms with Crippen LogP contribution in [0.15, 0.2) is 0 Å². The van der Waals surface area contributed by atoms with Crippen LogP contribution in [0.5, 0.6) is 0 Å². The summed E-state index contributed by atoms with van der Waals surface area (Å²) in [6.07, 6.45) is 4.04. The van der Waals surface area contributed by atoms with Gasteiger partial charge in [0, 0.05) is 17.5 Å². The molecular formula is C20H38N2O4S. The van der Waals surface area contributed by atoms with Crippen molar-refractivity contribution in [2.75, 3.05) is 6.26 Å². The molecule has 0 saturated heterocycles. The van der Waals surface area contributed by atoms with Gasteiger partial charge >= 0.3 is 0 Å². The molecule has 6 nitrogen and oxygen atoms in total. The number of hydrogen-bond donors (Lipinski definition) is 3. The van der Waals surface area contributed by atoms with Crippen LogP contribution >= 0.6 is 0 Å². The van der Waals surface area contributed by atoms with Crippen molar-refractivity contribution in [3.05, 3.63) is 0 Å². The average molecular weight is 403 g/mol. The minimum absolute atomic E-state index is 0.00869. The molecule has 0 spiro atoms. The molecule has 7 heteroatoms. The van der Waals surface area contributed by atoms with Crippen molar-refractivity contribution in [3.8, 4) is 0 Å². The number of carbonyl (C=O) groups excluding carboxylic acids is 1. The predicted molar refractivity (Wildman–Crippen MR) is 108 cm³/mol. The van der Waals surface area contributed by atoms with Crippen LogP contribution < -0.4 is 10.0 Å². The maximum atomic E-state index is 12.7. The fourth-order valence-electron chi connectivity index (χ4n) is 5.41. The second-order valence-electron chi connectivity index (χ2n) is 10.3. The second-order valence-corrected chi connectivity index (χ2v) is 12.1. The highest BCUT2D eigenvalue weighted by atomic mass is 32.2. The van der Waals surface area contributed by atoms with Gasteiger partial charge in [0.1, 0.15) is 0 Å². The minimum Gasteiger partial charge on any atom is -0.392 e. The van der Waals surface area contributed by atoms with Crippen LogP contribution in [0.25, 0.3) is 0 Å². The van der Waals surface area contributed by atoms with Crippen molar-refractivity contribution in [2.45, 2.75) is 84.9 Å². The van der Waals surface area contributed by atoms with Gasteiger partial charge in [0.05, 0.1) is 12.4 Å². The Kier molecular flexibility index (Phi) is 6.40. The number of sulfonamides is 1. The maximum Gasteiger partial charge on any atom is 0.223 e. The van der Waals surface area contributed by atoms with E-state index < -0.39 is 16.1 Å². The van der Waals surface area contributed by atoms with Gasteiger partial charge in [-0.05, 0) is 69.6 Å². The molecule has 27 heavy (non-hydrogen) atoms. The number of rotatable bonds is 4. The molecule has 0 heterocycles. The molecule has 0 aromatic heterocycles. The van der Waals surface area contributed by atoms with Gasteiger partial charge in [-0.1, -0.05) is 20.8 Å². The first kappa shape index (κ1) is 22.6. The molecule has 2 aliphatic rings. The highest BCUT2D eigenvalue weighted by Gasteiger charge is 2.54. The summed E-state index contributed by atoms with van der Waals surface area (Å²) in [5.74, 6) is -0.406. The fraction of sp³-hybridized carbons (Fsp3) is 0.950. The lowest BCUT2D eigenvalue weighted by atomic mass is 9.52. The SMILES string of the molecule is CC(C(=O)NC(C)(C)C)C1CCC2(C)CCC(NS(C)(=O)=O)C(C)C2C1O. The molecule has 0 aromatic carbocycles. The van der Waals surface area contributed by atoms with Gasteiger partial charge in [-0.15, -0.1) is 0 Å². The van der Waals surface area contributed by atoms with Gasteiger partial charge in [-0.2, -0.15) is 0 Å². The molecule has 3 N–H and O–H groups in total. The van der Waals surface area contributed by atoms with E-state index >= 15 is 0 Å². The number of aliphatic hydroxyl groups excluding tert-OH is 1. The lowest BCUT2D eigenvalue weighted by molar-refractivity contribution is -0.142. The summed E-state index contributed by atoms with van der Waals surface area (Å²) in [6.45, 7) is 12.0. The van der Waals surface area contributed by atoms with Crippen molar-refractivity contribution in [1.82, 2.24) is 10.0 Å². The lowest BCUT2D eigenvalue weighted by Gasteiger charge is -2.56. The summed E-state index contributed by atoms with van der Waals surface area (Å²) in [5.41, 5.74) is -0.312. The van der Waals surface area contributed by atoms with Crippen molar-refractivity contribution in [2.24, 2.45) is 29.1 Å². The first-order chi connectivity index (χ1) is 12.1. The molecule has 7 unspecified atom stereocenters. The van der Waals surface area contributed by atoms with Crippen LogP contribution in [0.4, 0.5) is 0 Å². The Labute approximate surface area is 164 Å². The van der Waals surface area contributed by atoms with E-state index in [9.17, 15) is 18.3 Å². The van der Waals surface area contributed by atoms with Crippen LogP contribution in [-0.4, -0.2) is 43.4 Å². The molecule has 2 fully saturated rings. The van der Waals surface area contributed by atoms with Gasteiger partial charge in [0.15, 0.2) is 0 Å². The molecular weight excluding hydrogens is 364 g/mol. The molecule has 0 aromatic rings. The second kappa shape index (κ2) is 7.64. The smallest absolute Gasteiger partial charge is 0.223 e. The predicted octanol–water partition coefficient (Wildman–Crippen LogP) is 2.28. The minimum atomic E-state index is -3.29. The maximum absolute atomic E-state index is 12.7. The Morgan fingerprint density at radius 1 is 1.22 bits per heavy atom. The average Bonchev–Trinajstić information content (AvgIpc) is 2.47. The van der Waals surface area contributed by atoms with E-state index in [0.29, 0.717) is 0 Å². The van der Waals surface area contributed by atoms with Gasteiger partial charge in [0.2, 0.25) is 15.9 Å². The third kappa shape index (κ3) is 5.24. The summed E-state index contributed by atoms with van der Waals surface area (Å²) in [4.78, 5) is 12.7. The number of fused-ring (bicyclic) bond motifs is 1. The topological polar surface area (TPSA) is 95.5 Å².